The van der Waals surface area contributed by atoms with Crippen molar-refractivity contribution in [3.8, 4) is 0 Å². The Bertz CT molecular complexity index is 370. The fourth-order valence-electron chi connectivity index (χ4n) is 2.04. The van der Waals surface area contributed by atoms with Crippen LogP contribution in [0, 0.1) is 20.8 Å². The van der Waals surface area contributed by atoms with Gasteiger partial charge in [0.2, 0.25) is 0 Å². The predicted molar refractivity (Wildman–Crippen MR) is 84.0 cm³/mol. The predicted octanol–water partition coefficient (Wildman–Crippen LogP) is 3.66. The minimum absolute atomic E-state index is 0.660. The Hall–Kier alpha value is -0.610. The van der Waals surface area contributed by atoms with Crippen molar-refractivity contribution in [2.45, 2.75) is 65.1 Å². The van der Waals surface area contributed by atoms with Crippen LogP contribution in [0.2, 0.25) is 0 Å². The smallest absolute Gasteiger partial charge is 0.187 e. The van der Waals surface area contributed by atoms with Crippen molar-refractivity contribution in [1.82, 2.24) is 15.3 Å². The van der Waals surface area contributed by atoms with E-state index >= 15 is 0 Å². The van der Waals surface area contributed by atoms with E-state index in [2.05, 4.69) is 49.9 Å². The zero-order valence-electron chi connectivity index (χ0n) is 12.9. The number of rotatable bonds is 8. The molecule has 0 radical (unpaired) electrons. The van der Waals surface area contributed by atoms with Crippen LogP contribution in [0.4, 0.5) is 0 Å². The van der Waals surface area contributed by atoms with Crippen molar-refractivity contribution in [1.29, 1.82) is 0 Å². The van der Waals surface area contributed by atoms with Gasteiger partial charge < -0.3 is 5.32 Å². The summed E-state index contributed by atoms with van der Waals surface area (Å²) in [6.45, 7) is 11.7. The molecule has 1 aromatic rings. The Kier molecular flexibility index (Phi) is 7.39. The van der Waals surface area contributed by atoms with Crippen LogP contribution in [0.3, 0.4) is 0 Å². The molecule has 0 aromatic carbocycles. The topological polar surface area (TPSA) is 37.8 Å². The lowest BCUT2D eigenvalue weighted by Gasteiger charge is -2.15. The summed E-state index contributed by atoms with van der Waals surface area (Å²) in [6.07, 6.45) is 3.66. The molecule has 0 saturated heterocycles. The Morgan fingerprint density at radius 1 is 1.11 bits per heavy atom. The highest BCUT2D eigenvalue weighted by Crippen LogP contribution is 2.18. The first-order valence-corrected chi connectivity index (χ1v) is 8.25. The number of hydrogen-bond acceptors (Lipinski definition) is 4. The SMILES string of the molecule is CCNC(CC)CCCSc1nc(C)c(C)c(C)n1. The second-order valence-corrected chi connectivity index (χ2v) is 6.02. The van der Waals surface area contributed by atoms with Crippen LogP contribution in [-0.4, -0.2) is 28.3 Å². The summed E-state index contributed by atoms with van der Waals surface area (Å²) in [5, 5.41) is 4.44. The number of nitrogens with one attached hydrogen (secondary N) is 1. The van der Waals surface area contributed by atoms with Gasteiger partial charge in [0.1, 0.15) is 0 Å². The summed E-state index contributed by atoms with van der Waals surface area (Å²) in [6, 6.07) is 0.660. The molecule has 1 unspecified atom stereocenters. The third-order valence-electron chi connectivity index (χ3n) is 3.53. The Labute approximate surface area is 122 Å². The molecular formula is C15H27N3S. The van der Waals surface area contributed by atoms with Gasteiger partial charge in [-0.05, 0) is 52.1 Å². The van der Waals surface area contributed by atoms with Gasteiger partial charge in [-0.2, -0.15) is 0 Å². The molecule has 0 aliphatic carbocycles. The van der Waals surface area contributed by atoms with E-state index in [0.717, 1.165) is 28.8 Å². The van der Waals surface area contributed by atoms with Crippen molar-refractivity contribution in [3.05, 3.63) is 17.0 Å². The first-order chi connectivity index (χ1) is 9.08. The fraction of sp³-hybridized carbons (Fsp3) is 0.733. The van der Waals surface area contributed by atoms with Gasteiger partial charge in [-0.25, -0.2) is 9.97 Å². The summed E-state index contributed by atoms with van der Waals surface area (Å²) in [5.41, 5.74) is 3.42. The van der Waals surface area contributed by atoms with E-state index in [1.165, 1.54) is 24.8 Å². The maximum absolute atomic E-state index is 4.54. The van der Waals surface area contributed by atoms with Crippen LogP contribution in [0.1, 0.15) is 50.1 Å². The molecule has 4 heteroatoms. The number of aryl methyl sites for hydroxylation is 2. The molecule has 1 aromatic heterocycles. The maximum atomic E-state index is 4.54. The van der Waals surface area contributed by atoms with E-state index < -0.39 is 0 Å². The molecule has 0 spiro atoms. The first kappa shape index (κ1) is 16.4. The van der Waals surface area contributed by atoms with Crippen molar-refractivity contribution < 1.29 is 0 Å². The summed E-state index contributed by atoms with van der Waals surface area (Å²) in [5.74, 6) is 1.10. The minimum atomic E-state index is 0.660. The average Bonchev–Trinajstić information content (AvgIpc) is 2.39. The average molecular weight is 281 g/mol. The van der Waals surface area contributed by atoms with Gasteiger partial charge in [-0.15, -0.1) is 0 Å². The molecule has 3 nitrogen and oxygen atoms in total. The van der Waals surface area contributed by atoms with Gasteiger partial charge in [-0.1, -0.05) is 25.6 Å². The summed E-state index contributed by atoms with van der Waals surface area (Å²) >= 11 is 1.78. The largest absolute Gasteiger partial charge is 0.314 e. The van der Waals surface area contributed by atoms with Crippen molar-refractivity contribution in [3.63, 3.8) is 0 Å². The second-order valence-electron chi connectivity index (χ2n) is 4.96. The van der Waals surface area contributed by atoms with Gasteiger partial charge in [0.25, 0.3) is 0 Å². The minimum Gasteiger partial charge on any atom is -0.314 e. The molecule has 1 rings (SSSR count). The molecule has 0 fully saturated rings. The summed E-state index contributed by atoms with van der Waals surface area (Å²) < 4.78 is 0. The zero-order chi connectivity index (χ0) is 14.3. The van der Waals surface area contributed by atoms with Gasteiger partial charge in [0.05, 0.1) is 0 Å². The van der Waals surface area contributed by atoms with Gasteiger partial charge >= 0.3 is 0 Å². The highest BCUT2D eigenvalue weighted by Gasteiger charge is 2.07. The highest BCUT2D eigenvalue weighted by molar-refractivity contribution is 7.99. The quantitative estimate of drug-likeness (QED) is 0.448. The third kappa shape index (κ3) is 5.49. The highest BCUT2D eigenvalue weighted by atomic mass is 32.2. The number of thioether (sulfide) groups is 1. The van der Waals surface area contributed by atoms with Crippen molar-refractivity contribution in [2.24, 2.45) is 0 Å². The third-order valence-corrected chi connectivity index (χ3v) is 4.46. The van der Waals surface area contributed by atoms with Gasteiger partial charge in [0.15, 0.2) is 5.16 Å². The molecule has 0 aliphatic rings. The molecule has 1 N–H and O–H groups in total. The molecule has 19 heavy (non-hydrogen) atoms. The second kappa shape index (κ2) is 8.54. The summed E-state index contributed by atoms with van der Waals surface area (Å²) in [7, 11) is 0. The molecule has 0 bridgehead atoms. The first-order valence-electron chi connectivity index (χ1n) is 7.26. The normalized spacial score (nSPS) is 12.7. The van der Waals surface area contributed by atoms with Crippen LogP contribution in [0.5, 0.6) is 0 Å². The van der Waals surface area contributed by atoms with Gasteiger partial charge in [0, 0.05) is 23.2 Å². The van der Waals surface area contributed by atoms with E-state index in [9.17, 15) is 0 Å². The summed E-state index contributed by atoms with van der Waals surface area (Å²) in [4.78, 5) is 9.09. The van der Waals surface area contributed by atoms with Crippen LogP contribution in [0.25, 0.3) is 0 Å². The molecule has 0 saturated carbocycles. The van der Waals surface area contributed by atoms with Crippen LogP contribution < -0.4 is 5.32 Å². The fourth-order valence-corrected chi connectivity index (χ4v) is 2.93. The molecular weight excluding hydrogens is 254 g/mol. The van der Waals surface area contributed by atoms with E-state index in [1.807, 2.05) is 0 Å². The lowest BCUT2D eigenvalue weighted by atomic mass is 10.1. The lowest BCUT2D eigenvalue weighted by molar-refractivity contribution is 0.477. The number of hydrogen-bond donors (Lipinski definition) is 1. The lowest BCUT2D eigenvalue weighted by Crippen LogP contribution is -2.28. The van der Waals surface area contributed by atoms with Crippen molar-refractivity contribution >= 4 is 11.8 Å². The Balaban J connectivity index is 2.37. The molecule has 108 valence electrons. The molecule has 1 atom stereocenters. The van der Waals surface area contributed by atoms with Gasteiger partial charge in [-0.3, -0.25) is 0 Å². The van der Waals surface area contributed by atoms with Crippen LogP contribution in [0.15, 0.2) is 5.16 Å². The van der Waals surface area contributed by atoms with E-state index in [-0.39, 0.29) is 0 Å². The van der Waals surface area contributed by atoms with E-state index in [4.69, 9.17) is 0 Å². The standard InChI is InChI=1S/C15H27N3S/c1-6-14(16-7-2)9-8-10-19-15-17-12(4)11(3)13(5)18-15/h14,16H,6-10H2,1-5H3. The van der Waals surface area contributed by atoms with Crippen LogP contribution in [-0.2, 0) is 0 Å². The molecule has 0 amide bonds. The van der Waals surface area contributed by atoms with E-state index in [1.54, 1.807) is 11.8 Å². The van der Waals surface area contributed by atoms with Crippen LogP contribution >= 0.6 is 11.8 Å². The van der Waals surface area contributed by atoms with Crippen molar-refractivity contribution in [2.75, 3.05) is 12.3 Å². The number of aromatic nitrogens is 2. The maximum Gasteiger partial charge on any atom is 0.187 e. The Morgan fingerprint density at radius 2 is 1.74 bits per heavy atom. The molecule has 1 heterocycles. The Morgan fingerprint density at radius 3 is 2.26 bits per heavy atom. The number of nitrogens with zero attached hydrogens (tertiary/aromatic N) is 2. The monoisotopic (exact) mass is 281 g/mol. The van der Waals surface area contributed by atoms with E-state index in [0.29, 0.717) is 6.04 Å². The zero-order valence-corrected chi connectivity index (χ0v) is 13.7. The molecule has 0 aliphatic heterocycles.